The van der Waals surface area contributed by atoms with Gasteiger partial charge in [-0.3, -0.25) is 9.78 Å². The second-order valence-electron chi connectivity index (χ2n) is 6.97. The Labute approximate surface area is 143 Å². The first-order valence-electron chi connectivity index (χ1n) is 8.81. The second kappa shape index (κ2) is 6.89. The van der Waals surface area contributed by atoms with Crippen LogP contribution in [0.15, 0.2) is 18.2 Å². The van der Waals surface area contributed by atoms with Gasteiger partial charge in [0.25, 0.3) is 5.91 Å². The third-order valence-electron chi connectivity index (χ3n) is 4.96. The Morgan fingerprint density at radius 1 is 1.21 bits per heavy atom. The third-order valence-corrected chi connectivity index (χ3v) is 4.96. The molecule has 0 spiro atoms. The summed E-state index contributed by atoms with van der Waals surface area (Å²) in [4.78, 5) is 19.8. The first-order chi connectivity index (χ1) is 11.5. The molecule has 1 aliphatic rings. The maximum Gasteiger partial charge on any atom is 0.254 e. The van der Waals surface area contributed by atoms with Crippen LogP contribution in [0.3, 0.4) is 0 Å². The van der Waals surface area contributed by atoms with Crippen molar-refractivity contribution < 1.29 is 9.90 Å². The van der Waals surface area contributed by atoms with Gasteiger partial charge in [0.1, 0.15) is 0 Å². The molecule has 0 bridgehead atoms. The van der Waals surface area contributed by atoms with Crippen LogP contribution in [0.5, 0.6) is 0 Å². The molecule has 1 atom stereocenters. The number of aliphatic hydroxyl groups is 1. The number of nitrogens with zero attached hydrogens (tertiary/aromatic N) is 2. The first-order valence-corrected chi connectivity index (χ1v) is 8.81. The normalized spacial score (nSPS) is 18.7. The number of carbonyl (C=O) groups excluding carboxylic acids is 1. The zero-order valence-electron chi connectivity index (χ0n) is 14.8. The summed E-state index contributed by atoms with van der Waals surface area (Å²) in [5.41, 5.74) is 4.70. The lowest BCUT2D eigenvalue weighted by Gasteiger charge is -2.29. The van der Waals surface area contributed by atoms with Crippen molar-refractivity contribution in [2.24, 2.45) is 0 Å². The van der Waals surface area contributed by atoms with E-state index in [0.717, 1.165) is 60.0 Å². The minimum atomic E-state index is -0.0746. The Bertz CT molecular complexity index is 770. The zero-order chi connectivity index (χ0) is 17.3. The number of hydrogen-bond acceptors (Lipinski definition) is 3. The molecular weight excluding hydrogens is 300 g/mol. The highest BCUT2D eigenvalue weighted by atomic mass is 16.3. The fraction of sp³-hybridized carbons (Fsp3) is 0.500. The Morgan fingerprint density at radius 2 is 2.00 bits per heavy atom. The number of aromatic nitrogens is 1. The van der Waals surface area contributed by atoms with E-state index in [0.29, 0.717) is 5.56 Å². The summed E-state index contributed by atoms with van der Waals surface area (Å²) in [5.74, 6) is 0.0245. The van der Waals surface area contributed by atoms with Crippen LogP contribution in [0.1, 0.15) is 52.9 Å². The monoisotopic (exact) mass is 326 g/mol. The van der Waals surface area contributed by atoms with E-state index in [9.17, 15) is 9.90 Å². The Kier molecular flexibility index (Phi) is 4.86. The quantitative estimate of drug-likeness (QED) is 0.918. The number of amides is 1. The molecule has 1 aromatic heterocycles. The van der Waals surface area contributed by atoms with Crippen molar-refractivity contribution in [3.05, 3.63) is 40.6 Å². The van der Waals surface area contributed by atoms with E-state index in [4.69, 9.17) is 0 Å². The molecule has 1 aliphatic heterocycles. The molecule has 3 rings (SSSR count). The van der Waals surface area contributed by atoms with Gasteiger partial charge in [0.2, 0.25) is 0 Å². The number of fused-ring (bicyclic) bond motifs is 1. The summed E-state index contributed by atoms with van der Waals surface area (Å²) in [6.07, 6.45) is 4.07. The molecule has 2 heterocycles. The smallest absolute Gasteiger partial charge is 0.254 e. The zero-order valence-corrected chi connectivity index (χ0v) is 14.8. The van der Waals surface area contributed by atoms with Crippen LogP contribution in [0, 0.1) is 20.8 Å². The predicted octanol–water partition coefficient (Wildman–Crippen LogP) is 3.54. The SMILES string of the molecule is Cc1cc(C)c2nc(C)cc(C(=O)N3CCCCCC3CO)c2c1. The highest BCUT2D eigenvalue weighted by Crippen LogP contribution is 2.26. The molecular formula is C20H26N2O2. The van der Waals surface area contributed by atoms with Gasteiger partial charge in [-0.2, -0.15) is 0 Å². The molecule has 1 aromatic carbocycles. The lowest BCUT2D eigenvalue weighted by Crippen LogP contribution is -2.42. The number of rotatable bonds is 2. The Morgan fingerprint density at radius 3 is 2.75 bits per heavy atom. The number of benzene rings is 1. The minimum absolute atomic E-state index is 0.0245. The fourth-order valence-electron chi connectivity index (χ4n) is 3.78. The van der Waals surface area contributed by atoms with Crippen LogP contribution in [-0.4, -0.2) is 40.1 Å². The van der Waals surface area contributed by atoms with Gasteiger partial charge in [-0.25, -0.2) is 0 Å². The highest BCUT2D eigenvalue weighted by Gasteiger charge is 2.27. The topological polar surface area (TPSA) is 53.4 Å². The van der Waals surface area contributed by atoms with Crippen molar-refractivity contribution in [1.82, 2.24) is 9.88 Å². The molecule has 128 valence electrons. The molecule has 0 aliphatic carbocycles. The number of aliphatic hydroxyl groups excluding tert-OH is 1. The van der Waals surface area contributed by atoms with E-state index in [1.807, 2.05) is 37.8 Å². The van der Waals surface area contributed by atoms with E-state index >= 15 is 0 Å². The summed E-state index contributed by atoms with van der Waals surface area (Å²) >= 11 is 0. The van der Waals surface area contributed by atoms with Crippen molar-refractivity contribution >= 4 is 16.8 Å². The summed E-state index contributed by atoms with van der Waals surface area (Å²) in [7, 11) is 0. The van der Waals surface area contributed by atoms with Gasteiger partial charge in [-0.1, -0.05) is 24.5 Å². The van der Waals surface area contributed by atoms with Crippen molar-refractivity contribution in [2.75, 3.05) is 13.2 Å². The minimum Gasteiger partial charge on any atom is -0.394 e. The number of likely N-dealkylation sites (tertiary alicyclic amines) is 1. The Hall–Kier alpha value is -1.94. The van der Waals surface area contributed by atoms with Crippen molar-refractivity contribution in [3.8, 4) is 0 Å². The van der Waals surface area contributed by atoms with E-state index in [2.05, 4.69) is 11.1 Å². The third kappa shape index (κ3) is 3.16. The largest absolute Gasteiger partial charge is 0.394 e. The molecule has 1 saturated heterocycles. The molecule has 4 heteroatoms. The van der Waals surface area contributed by atoms with Crippen LogP contribution in [0.2, 0.25) is 0 Å². The van der Waals surface area contributed by atoms with Gasteiger partial charge >= 0.3 is 0 Å². The first kappa shape index (κ1) is 16.9. The molecule has 1 fully saturated rings. The summed E-state index contributed by atoms with van der Waals surface area (Å²) in [6, 6.07) is 5.97. The van der Waals surface area contributed by atoms with Gasteiger partial charge in [0, 0.05) is 17.6 Å². The van der Waals surface area contributed by atoms with Crippen LogP contribution < -0.4 is 0 Å². The van der Waals surface area contributed by atoms with Crippen LogP contribution >= 0.6 is 0 Å². The molecule has 4 nitrogen and oxygen atoms in total. The van der Waals surface area contributed by atoms with Gasteiger partial charge in [-0.15, -0.1) is 0 Å². The summed E-state index contributed by atoms with van der Waals surface area (Å²) in [6.45, 7) is 6.77. The molecule has 1 amide bonds. The molecule has 0 radical (unpaired) electrons. The predicted molar refractivity (Wildman–Crippen MR) is 96.3 cm³/mol. The molecule has 2 aromatic rings. The Balaban J connectivity index is 2.12. The maximum absolute atomic E-state index is 13.3. The average Bonchev–Trinajstić information content (AvgIpc) is 2.79. The maximum atomic E-state index is 13.3. The number of hydrogen-bond donors (Lipinski definition) is 1. The summed E-state index contributed by atoms with van der Waals surface area (Å²) in [5, 5.41) is 10.7. The van der Waals surface area contributed by atoms with Crippen LogP contribution in [-0.2, 0) is 0 Å². The van der Waals surface area contributed by atoms with Crippen LogP contribution in [0.4, 0.5) is 0 Å². The summed E-state index contributed by atoms with van der Waals surface area (Å²) < 4.78 is 0. The van der Waals surface area contributed by atoms with Gasteiger partial charge in [-0.05, 0) is 51.3 Å². The number of pyridine rings is 1. The molecule has 1 unspecified atom stereocenters. The average molecular weight is 326 g/mol. The van der Waals surface area contributed by atoms with Gasteiger partial charge < -0.3 is 10.0 Å². The fourth-order valence-corrected chi connectivity index (χ4v) is 3.78. The lowest BCUT2D eigenvalue weighted by atomic mass is 10.00. The van der Waals surface area contributed by atoms with Crippen molar-refractivity contribution in [3.63, 3.8) is 0 Å². The molecule has 1 N–H and O–H groups in total. The van der Waals surface area contributed by atoms with E-state index in [1.54, 1.807) is 0 Å². The molecule has 0 saturated carbocycles. The van der Waals surface area contributed by atoms with E-state index < -0.39 is 0 Å². The van der Waals surface area contributed by atoms with E-state index in [1.165, 1.54) is 0 Å². The van der Waals surface area contributed by atoms with Crippen molar-refractivity contribution in [2.45, 2.75) is 52.5 Å². The number of aryl methyl sites for hydroxylation is 3. The number of carbonyl (C=O) groups is 1. The second-order valence-corrected chi connectivity index (χ2v) is 6.97. The van der Waals surface area contributed by atoms with E-state index in [-0.39, 0.29) is 18.6 Å². The van der Waals surface area contributed by atoms with Crippen molar-refractivity contribution in [1.29, 1.82) is 0 Å². The molecule has 24 heavy (non-hydrogen) atoms. The van der Waals surface area contributed by atoms with Crippen LogP contribution in [0.25, 0.3) is 10.9 Å². The highest BCUT2D eigenvalue weighted by molar-refractivity contribution is 6.07. The standard InChI is InChI=1S/C20H26N2O2/c1-13-9-14(2)19-17(10-13)18(11-15(3)21-19)20(24)22-8-6-4-5-7-16(22)12-23/h9-11,16,23H,4-8,12H2,1-3H3. The van der Waals surface area contributed by atoms with Gasteiger partial charge in [0.15, 0.2) is 0 Å². The lowest BCUT2D eigenvalue weighted by molar-refractivity contribution is 0.0601. The van der Waals surface area contributed by atoms with Gasteiger partial charge in [0.05, 0.1) is 23.7 Å².